The van der Waals surface area contributed by atoms with E-state index in [4.69, 9.17) is 9.47 Å². The van der Waals surface area contributed by atoms with Crippen LogP contribution in [0.2, 0.25) is 0 Å². The molecule has 0 aromatic carbocycles. The van der Waals surface area contributed by atoms with Gasteiger partial charge in [0.15, 0.2) is 6.29 Å². The fourth-order valence-corrected chi connectivity index (χ4v) is 2.18. The van der Waals surface area contributed by atoms with Crippen LogP contribution in [0.3, 0.4) is 0 Å². The molecule has 0 amide bonds. The molecule has 1 rings (SSSR count). The highest BCUT2D eigenvalue weighted by atomic mass is 79.9. The molecule has 1 saturated heterocycles. The van der Waals surface area contributed by atoms with E-state index in [9.17, 15) is 0 Å². The van der Waals surface area contributed by atoms with Crippen LogP contribution in [0.5, 0.6) is 0 Å². The highest BCUT2D eigenvalue weighted by Gasteiger charge is 2.12. The number of rotatable bonds is 8. The number of alkyl halides is 1. The molecule has 1 heterocycles. The zero-order chi connectivity index (χ0) is 10.8. The van der Waals surface area contributed by atoms with Crippen molar-refractivity contribution in [1.82, 2.24) is 0 Å². The van der Waals surface area contributed by atoms with Crippen LogP contribution in [-0.2, 0) is 9.47 Å². The Hall–Kier alpha value is 0.400. The van der Waals surface area contributed by atoms with E-state index in [-0.39, 0.29) is 6.29 Å². The van der Waals surface area contributed by atoms with Gasteiger partial charge in [-0.2, -0.15) is 0 Å². The molecule has 2 nitrogen and oxygen atoms in total. The van der Waals surface area contributed by atoms with Crippen molar-refractivity contribution in [1.29, 1.82) is 0 Å². The largest absolute Gasteiger partial charge is 0.353 e. The van der Waals surface area contributed by atoms with Crippen LogP contribution in [0.4, 0.5) is 0 Å². The van der Waals surface area contributed by atoms with Crippen molar-refractivity contribution in [2.45, 2.75) is 57.7 Å². The molecule has 90 valence electrons. The third kappa shape index (κ3) is 7.31. The summed E-state index contributed by atoms with van der Waals surface area (Å²) in [6.45, 7) is 1.76. The summed E-state index contributed by atoms with van der Waals surface area (Å²) >= 11 is 3.44. The predicted molar refractivity (Wildman–Crippen MR) is 66.4 cm³/mol. The molecule has 0 N–H and O–H groups in total. The van der Waals surface area contributed by atoms with Gasteiger partial charge in [0.2, 0.25) is 0 Å². The van der Waals surface area contributed by atoms with E-state index < -0.39 is 0 Å². The van der Waals surface area contributed by atoms with Crippen LogP contribution >= 0.6 is 15.9 Å². The summed E-state index contributed by atoms with van der Waals surface area (Å²) in [6.07, 6.45) is 10.1. The lowest BCUT2D eigenvalue weighted by atomic mass is 10.2. The van der Waals surface area contributed by atoms with Crippen LogP contribution in [-0.4, -0.2) is 24.8 Å². The highest BCUT2D eigenvalue weighted by Crippen LogP contribution is 2.14. The third-order valence-corrected chi connectivity index (χ3v) is 3.28. The van der Waals surface area contributed by atoms with E-state index in [0.29, 0.717) is 0 Å². The van der Waals surface area contributed by atoms with Crippen LogP contribution < -0.4 is 0 Å². The highest BCUT2D eigenvalue weighted by molar-refractivity contribution is 9.09. The summed E-state index contributed by atoms with van der Waals surface area (Å²) in [5.41, 5.74) is 0. The number of ether oxygens (including phenoxy) is 2. The molecule has 3 heteroatoms. The Labute approximate surface area is 102 Å². The number of hydrogen-bond donors (Lipinski definition) is 0. The Kier molecular flexibility index (Phi) is 8.63. The van der Waals surface area contributed by atoms with Crippen LogP contribution in [0.25, 0.3) is 0 Å². The van der Waals surface area contributed by atoms with E-state index in [2.05, 4.69) is 15.9 Å². The summed E-state index contributed by atoms with van der Waals surface area (Å²) in [7, 11) is 0. The third-order valence-electron chi connectivity index (χ3n) is 2.72. The summed E-state index contributed by atoms with van der Waals surface area (Å²) < 4.78 is 11.2. The molecule has 0 aromatic heterocycles. The molecule has 0 radical (unpaired) electrons. The normalized spacial score (nSPS) is 21.8. The van der Waals surface area contributed by atoms with Gasteiger partial charge in [-0.3, -0.25) is 0 Å². The first kappa shape index (κ1) is 13.5. The predicted octanol–water partition coefficient (Wildman–Crippen LogP) is 3.88. The summed E-state index contributed by atoms with van der Waals surface area (Å²) in [5, 5.41) is 1.14. The maximum absolute atomic E-state index is 5.66. The number of unbranched alkanes of at least 4 members (excludes halogenated alkanes) is 4. The SMILES string of the molecule is BrCCCCCCCO[C@H]1CCCCO1. The van der Waals surface area contributed by atoms with Gasteiger partial charge in [-0.05, 0) is 32.1 Å². The topological polar surface area (TPSA) is 18.5 Å². The Morgan fingerprint density at radius 1 is 1.07 bits per heavy atom. The van der Waals surface area contributed by atoms with Crippen molar-refractivity contribution in [2.75, 3.05) is 18.5 Å². The number of hydrogen-bond acceptors (Lipinski definition) is 2. The lowest BCUT2D eigenvalue weighted by Crippen LogP contribution is -2.22. The summed E-state index contributed by atoms with van der Waals surface area (Å²) in [6, 6.07) is 0. The molecule has 1 aliphatic heterocycles. The van der Waals surface area contributed by atoms with E-state index in [1.165, 1.54) is 44.9 Å². The first-order chi connectivity index (χ1) is 7.43. The van der Waals surface area contributed by atoms with Crippen LogP contribution in [0.15, 0.2) is 0 Å². The smallest absolute Gasteiger partial charge is 0.157 e. The molecular formula is C12H23BrO2. The van der Waals surface area contributed by atoms with E-state index in [1.807, 2.05) is 0 Å². The van der Waals surface area contributed by atoms with Gasteiger partial charge in [0, 0.05) is 18.5 Å². The first-order valence-electron chi connectivity index (χ1n) is 6.22. The monoisotopic (exact) mass is 278 g/mol. The van der Waals surface area contributed by atoms with Crippen molar-refractivity contribution < 1.29 is 9.47 Å². The quantitative estimate of drug-likeness (QED) is 0.496. The van der Waals surface area contributed by atoms with Crippen molar-refractivity contribution in [2.24, 2.45) is 0 Å². The van der Waals surface area contributed by atoms with E-state index in [0.717, 1.165) is 25.0 Å². The zero-order valence-electron chi connectivity index (χ0n) is 9.55. The fourth-order valence-electron chi connectivity index (χ4n) is 1.78. The molecular weight excluding hydrogens is 256 g/mol. The van der Waals surface area contributed by atoms with Gasteiger partial charge in [0.05, 0.1) is 0 Å². The average molecular weight is 279 g/mol. The summed E-state index contributed by atoms with van der Waals surface area (Å²) in [4.78, 5) is 0. The van der Waals surface area contributed by atoms with E-state index >= 15 is 0 Å². The van der Waals surface area contributed by atoms with Gasteiger partial charge in [0.25, 0.3) is 0 Å². The van der Waals surface area contributed by atoms with Crippen molar-refractivity contribution in [3.63, 3.8) is 0 Å². The van der Waals surface area contributed by atoms with Crippen molar-refractivity contribution >= 4 is 15.9 Å². The van der Waals surface area contributed by atoms with Gasteiger partial charge in [-0.15, -0.1) is 0 Å². The Bertz CT molecular complexity index is 136. The lowest BCUT2D eigenvalue weighted by molar-refractivity contribution is -0.162. The molecule has 0 spiro atoms. The summed E-state index contributed by atoms with van der Waals surface area (Å²) in [5.74, 6) is 0. The molecule has 1 atom stereocenters. The van der Waals surface area contributed by atoms with Gasteiger partial charge >= 0.3 is 0 Å². The zero-order valence-corrected chi connectivity index (χ0v) is 11.1. The molecule has 0 saturated carbocycles. The molecule has 15 heavy (non-hydrogen) atoms. The second kappa shape index (κ2) is 9.61. The maximum atomic E-state index is 5.66. The second-order valence-corrected chi connectivity index (χ2v) is 4.92. The minimum Gasteiger partial charge on any atom is -0.353 e. The average Bonchev–Trinajstić information content (AvgIpc) is 2.29. The second-order valence-electron chi connectivity index (χ2n) is 4.12. The molecule has 0 bridgehead atoms. The Balaban J connectivity index is 1.79. The standard InChI is InChI=1S/C12H23BrO2/c13-9-5-2-1-3-6-10-14-12-8-4-7-11-15-12/h12H,1-11H2/t12-/m1/s1. The van der Waals surface area contributed by atoms with Crippen LogP contribution in [0.1, 0.15) is 51.4 Å². The fraction of sp³-hybridized carbons (Fsp3) is 1.00. The van der Waals surface area contributed by atoms with Gasteiger partial charge in [-0.1, -0.05) is 35.2 Å². The van der Waals surface area contributed by atoms with E-state index in [1.54, 1.807) is 0 Å². The number of halogens is 1. The van der Waals surface area contributed by atoms with Crippen LogP contribution in [0, 0.1) is 0 Å². The first-order valence-corrected chi connectivity index (χ1v) is 7.35. The molecule has 0 aliphatic carbocycles. The van der Waals surface area contributed by atoms with Gasteiger partial charge in [-0.25, -0.2) is 0 Å². The minimum atomic E-state index is 0.0984. The molecule has 1 fully saturated rings. The Morgan fingerprint density at radius 2 is 1.87 bits per heavy atom. The molecule has 1 aliphatic rings. The molecule has 0 aromatic rings. The maximum Gasteiger partial charge on any atom is 0.157 e. The lowest BCUT2D eigenvalue weighted by Gasteiger charge is -2.22. The van der Waals surface area contributed by atoms with Gasteiger partial charge in [0.1, 0.15) is 0 Å². The van der Waals surface area contributed by atoms with Crippen molar-refractivity contribution in [3.05, 3.63) is 0 Å². The minimum absolute atomic E-state index is 0.0984. The molecule has 0 unspecified atom stereocenters. The van der Waals surface area contributed by atoms with Crippen molar-refractivity contribution in [3.8, 4) is 0 Å². The van der Waals surface area contributed by atoms with Gasteiger partial charge < -0.3 is 9.47 Å². The Morgan fingerprint density at radius 3 is 2.60 bits per heavy atom.